The third kappa shape index (κ3) is 2.54. The molecule has 0 fully saturated rings. The van der Waals surface area contributed by atoms with Crippen LogP contribution in [0.4, 0.5) is 4.39 Å². The van der Waals surface area contributed by atoms with E-state index in [1.807, 2.05) is 0 Å². The van der Waals surface area contributed by atoms with Crippen molar-refractivity contribution in [3.63, 3.8) is 0 Å². The van der Waals surface area contributed by atoms with Gasteiger partial charge >= 0.3 is 5.97 Å². The lowest BCUT2D eigenvalue weighted by Gasteiger charge is -1.98. The van der Waals surface area contributed by atoms with E-state index in [1.165, 1.54) is 13.2 Å². The molecule has 0 aliphatic carbocycles. The minimum atomic E-state index is -0.414. The Morgan fingerprint density at radius 2 is 2.10 bits per heavy atom. The number of fused-ring (bicyclic) bond motifs is 1. The van der Waals surface area contributed by atoms with Crippen LogP contribution >= 0.6 is 15.9 Å². The summed E-state index contributed by atoms with van der Waals surface area (Å²) in [6, 6.07) is 9.79. The molecule has 21 heavy (non-hydrogen) atoms. The molecule has 1 aromatic heterocycles. The average molecular weight is 349 g/mol. The molecule has 0 amide bonds. The molecule has 0 aliphatic heterocycles. The number of imidazole rings is 1. The summed E-state index contributed by atoms with van der Waals surface area (Å²) in [5.74, 6) is -0.232. The number of ether oxygens (including phenoxy) is 1. The number of aromatic nitrogens is 2. The van der Waals surface area contributed by atoms with Gasteiger partial charge in [-0.05, 0) is 52.3 Å². The van der Waals surface area contributed by atoms with Gasteiger partial charge in [0.2, 0.25) is 0 Å². The Bertz CT molecular complexity index is 845. The van der Waals surface area contributed by atoms with Crippen LogP contribution in [0.3, 0.4) is 0 Å². The van der Waals surface area contributed by atoms with Crippen molar-refractivity contribution in [2.75, 3.05) is 7.11 Å². The molecule has 0 radical (unpaired) electrons. The number of carbonyl (C=O) groups is 1. The van der Waals surface area contributed by atoms with Crippen molar-refractivity contribution in [1.82, 2.24) is 9.97 Å². The molecule has 1 heterocycles. The Balaban J connectivity index is 2.08. The molecule has 3 aromatic rings. The summed E-state index contributed by atoms with van der Waals surface area (Å²) in [6.45, 7) is 0. The molecular formula is C15H10BrFN2O2. The molecule has 4 nitrogen and oxygen atoms in total. The van der Waals surface area contributed by atoms with Gasteiger partial charge in [0.1, 0.15) is 11.6 Å². The monoisotopic (exact) mass is 348 g/mol. The second kappa shape index (κ2) is 5.29. The van der Waals surface area contributed by atoms with E-state index in [2.05, 4.69) is 30.6 Å². The van der Waals surface area contributed by atoms with Gasteiger partial charge in [0.05, 0.1) is 28.2 Å². The van der Waals surface area contributed by atoms with Crippen LogP contribution in [-0.4, -0.2) is 23.0 Å². The number of aromatic amines is 1. The van der Waals surface area contributed by atoms with Crippen LogP contribution in [-0.2, 0) is 4.74 Å². The molecule has 0 spiro atoms. The van der Waals surface area contributed by atoms with Crippen LogP contribution in [0, 0.1) is 5.82 Å². The van der Waals surface area contributed by atoms with Crippen LogP contribution in [0.2, 0.25) is 0 Å². The van der Waals surface area contributed by atoms with Gasteiger partial charge in [-0.2, -0.15) is 0 Å². The predicted molar refractivity (Wildman–Crippen MR) is 80.5 cm³/mol. The van der Waals surface area contributed by atoms with Crippen LogP contribution in [0.15, 0.2) is 40.9 Å². The fourth-order valence-corrected chi connectivity index (χ4v) is 2.28. The second-order valence-electron chi connectivity index (χ2n) is 4.44. The number of halogens is 2. The first-order valence-corrected chi connectivity index (χ1v) is 6.91. The van der Waals surface area contributed by atoms with Crippen molar-refractivity contribution in [1.29, 1.82) is 0 Å². The zero-order chi connectivity index (χ0) is 15.0. The molecule has 0 saturated heterocycles. The van der Waals surface area contributed by atoms with E-state index in [9.17, 15) is 9.18 Å². The zero-order valence-electron chi connectivity index (χ0n) is 11.0. The number of nitrogens with one attached hydrogen (secondary N) is 1. The molecule has 3 rings (SSSR count). The minimum absolute atomic E-state index is 0.358. The zero-order valence-corrected chi connectivity index (χ0v) is 12.6. The topological polar surface area (TPSA) is 55.0 Å². The summed E-state index contributed by atoms with van der Waals surface area (Å²) in [4.78, 5) is 19.0. The van der Waals surface area contributed by atoms with Gasteiger partial charge < -0.3 is 9.72 Å². The SMILES string of the molecule is COC(=O)c1ccc2nc(-c3ccc(Br)c(F)c3)[nH]c2c1. The maximum absolute atomic E-state index is 13.6. The fourth-order valence-electron chi connectivity index (χ4n) is 2.03. The maximum atomic E-state index is 13.6. The van der Waals surface area contributed by atoms with Crippen molar-refractivity contribution >= 4 is 32.9 Å². The number of hydrogen-bond donors (Lipinski definition) is 1. The number of benzene rings is 2. The Labute approximate surface area is 128 Å². The normalized spacial score (nSPS) is 10.8. The number of rotatable bonds is 2. The van der Waals surface area contributed by atoms with E-state index >= 15 is 0 Å². The minimum Gasteiger partial charge on any atom is -0.465 e. The van der Waals surface area contributed by atoms with Gasteiger partial charge in [-0.15, -0.1) is 0 Å². The summed E-state index contributed by atoms with van der Waals surface area (Å²) in [5.41, 5.74) is 2.45. The molecule has 106 valence electrons. The lowest BCUT2D eigenvalue weighted by atomic mass is 10.2. The molecule has 0 aliphatic rings. The molecule has 0 saturated carbocycles. The summed E-state index contributed by atoms with van der Waals surface area (Å²) in [6.07, 6.45) is 0. The van der Waals surface area contributed by atoms with Gasteiger partial charge in [-0.3, -0.25) is 0 Å². The highest BCUT2D eigenvalue weighted by Crippen LogP contribution is 2.25. The fraction of sp³-hybridized carbons (Fsp3) is 0.0667. The van der Waals surface area contributed by atoms with Crippen molar-refractivity contribution in [2.45, 2.75) is 0 Å². The van der Waals surface area contributed by atoms with E-state index in [0.29, 0.717) is 32.5 Å². The quantitative estimate of drug-likeness (QED) is 0.714. The van der Waals surface area contributed by atoms with E-state index in [4.69, 9.17) is 0 Å². The van der Waals surface area contributed by atoms with Crippen LogP contribution < -0.4 is 0 Å². The standard InChI is InChI=1S/C15H10BrFN2O2/c1-21-15(20)9-3-5-12-13(7-9)19-14(18-12)8-2-4-10(16)11(17)6-8/h2-7H,1H3,(H,18,19). The summed E-state index contributed by atoms with van der Waals surface area (Å²) in [7, 11) is 1.33. The van der Waals surface area contributed by atoms with E-state index in [-0.39, 0.29) is 5.82 Å². The van der Waals surface area contributed by atoms with Crippen LogP contribution in [0.1, 0.15) is 10.4 Å². The van der Waals surface area contributed by atoms with Gasteiger partial charge in [0, 0.05) is 5.56 Å². The van der Waals surface area contributed by atoms with Gasteiger partial charge in [-0.25, -0.2) is 14.2 Å². The number of esters is 1. The molecule has 2 aromatic carbocycles. The Morgan fingerprint density at radius 3 is 2.81 bits per heavy atom. The smallest absolute Gasteiger partial charge is 0.337 e. The van der Waals surface area contributed by atoms with E-state index < -0.39 is 5.97 Å². The first-order valence-electron chi connectivity index (χ1n) is 6.12. The number of methoxy groups -OCH3 is 1. The van der Waals surface area contributed by atoms with Gasteiger partial charge in [-0.1, -0.05) is 0 Å². The third-order valence-electron chi connectivity index (χ3n) is 3.10. The molecule has 0 atom stereocenters. The Kier molecular flexibility index (Phi) is 3.47. The van der Waals surface area contributed by atoms with Crippen molar-refractivity contribution in [3.05, 3.63) is 52.3 Å². The van der Waals surface area contributed by atoms with Crippen LogP contribution in [0.25, 0.3) is 22.4 Å². The summed E-state index contributed by atoms with van der Waals surface area (Å²) >= 11 is 3.11. The van der Waals surface area contributed by atoms with Crippen molar-refractivity contribution in [3.8, 4) is 11.4 Å². The van der Waals surface area contributed by atoms with Gasteiger partial charge in [0.15, 0.2) is 0 Å². The molecular weight excluding hydrogens is 339 g/mol. The first kappa shape index (κ1) is 13.8. The molecule has 1 N–H and O–H groups in total. The molecule has 6 heteroatoms. The first-order chi connectivity index (χ1) is 10.1. The highest BCUT2D eigenvalue weighted by Gasteiger charge is 2.11. The van der Waals surface area contributed by atoms with E-state index in [1.54, 1.807) is 30.3 Å². The third-order valence-corrected chi connectivity index (χ3v) is 3.74. The summed E-state index contributed by atoms with van der Waals surface area (Å²) in [5, 5.41) is 0. The lowest BCUT2D eigenvalue weighted by molar-refractivity contribution is 0.0601. The average Bonchev–Trinajstić information content (AvgIpc) is 2.92. The number of carbonyl (C=O) groups excluding carboxylic acids is 1. The van der Waals surface area contributed by atoms with E-state index in [0.717, 1.165) is 0 Å². The van der Waals surface area contributed by atoms with Crippen LogP contribution in [0.5, 0.6) is 0 Å². The van der Waals surface area contributed by atoms with Crippen molar-refractivity contribution in [2.24, 2.45) is 0 Å². The maximum Gasteiger partial charge on any atom is 0.337 e. The lowest BCUT2D eigenvalue weighted by Crippen LogP contribution is -2.00. The summed E-state index contributed by atoms with van der Waals surface area (Å²) < 4.78 is 18.7. The predicted octanol–water partition coefficient (Wildman–Crippen LogP) is 3.92. The van der Waals surface area contributed by atoms with Crippen molar-refractivity contribution < 1.29 is 13.9 Å². The number of nitrogens with zero attached hydrogens (tertiary/aromatic N) is 1. The molecule has 0 unspecified atom stereocenters. The highest BCUT2D eigenvalue weighted by atomic mass is 79.9. The second-order valence-corrected chi connectivity index (χ2v) is 5.29. The number of hydrogen-bond acceptors (Lipinski definition) is 3. The highest BCUT2D eigenvalue weighted by molar-refractivity contribution is 9.10. The Morgan fingerprint density at radius 1 is 1.29 bits per heavy atom. The van der Waals surface area contributed by atoms with Gasteiger partial charge in [0.25, 0.3) is 0 Å². The Hall–Kier alpha value is -2.21. The molecule has 0 bridgehead atoms. The number of H-pyrrole nitrogens is 1. The largest absolute Gasteiger partial charge is 0.465 e.